The van der Waals surface area contributed by atoms with Crippen LogP contribution in [0.3, 0.4) is 0 Å². The second-order valence-electron chi connectivity index (χ2n) is 6.08. The largest absolute Gasteiger partial charge is 0.380 e. The fourth-order valence-electron chi connectivity index (χ4n) is 2.68. The molecule has 0 bridgehead atoms. The lowest BCUT2D eigenvalue weighted by Gasteiger charge is -2.40. The molecule has 100 valence electrons. The average molecular weight is 240 g/mol. The van der Waals surface area contributed by atoms with Crippen molar-refractivity contribution in [3.63, 3.8) is 0 Å². The van der Waals surface area contributed by atoms with Crippen LogP contribution in [0.4, 0.5) is 0 Å². The molecule has 2 aliphatic rings. The van der Waals surface area contributed by atoms with Crippen molar-refractivity contribution in [3.8, 4) is 0 Å². The van der Waals surface area contributed by atoms with Crippen molar-refractivity contribution < 1.29 is 4.74 Å². The predicted octanol–water partition coefficient (Wildman–Crippen LogP) is 1.73. The van der Waals surface area contributed by atoms with Crippen LogP contribution < -0.4 is 5.32 Å². The van der Waals surface area contributed by atoms with Gasteiger partial charge in [0.2, 0.25) is 0 Å². The molecule has 0 aromatic carbocycles. The lowest BCUT2D eigenvalue weighted by molar-refractivity contribution is 0.0990. The first-order chi connectivity index (χ1) is 8.16. The van der Waals surface area contributed by atoms with Gasteiger partial charge in [-0.05, 0) is 45.1 Å². The highest BCUT2D eigenvalue weighted by Crippen LogP contribution is 2.28. The lowest BCUT2D eigenvalue weighted by Crippen LogP contribution is -2.51. The third-order valence-electron chi connectivity index (χ3n) is 4.31. The number of nitrogens with one attached hydrogen (secondary N) is 1. The number of hydrogen-bond donors (Lipinski definition) is 1. The topological polar surface area (TPSA) is 24.5 Å². The van der Waals surface area contributed by atoms with E-state index in [0.29, 0.717) is 12.1 Å². The van der Waals surface area contributed by atoms with Crippen molar-refractivity contribution in [2.24, 2.45) is 11.8 Å². The molecule has 3 atom stereocenters. The molecule has 3 nitrogen and oxygen atoms in total. The lowest BCUT2D eigenvalue weighted by atomic mass is 9.90. The Morgan fingerprint density at radius 1 is 1.29 bits per heavy atom. The zero-order valence-corrected chi connectivity index (χ0v) is 11.6. The molecule has 1 aliphatic heterocycles. The Kier molecular flexibility index (Phi) is 4.83. The minimum atomic E-state index is 0.672. The molecule has 0 amide bonds. The maximum atomic E-state index is 5.66. The molecular formula is C14H28N2O. The van der Waals surface area contributed by atoms with E-state index in [2.05, 4.69) is 31.1 Å². The van der Waals surface area contributed by atoms with Crippen LogP contribution in [-0.2, 0) is 4.74 Å². The summed E-state index contributed by atoms with van der Waals surface area (Å²) in [6.07, 6.45) is 4.04. The molecule has 2 fully saturated rings. The maximum absolute atomic E-state index is 5.66. The Bertz CT molecular complexity index is 230. The maximum Gasteiger partial charge on any atom is 0.0591 e. The third-order valence-corrected chi connectivity index (χ3v) is 4.31. The number of ether oxygens (including phenoxy) is 1. The second-order valence-corrected chi connectivity index (χ2v) is 6.08. The fraction of sp³-hybridized carbons (Fsp3) is 1.00. The quantitative estimate of drug-likeness (QED) is 0.716. The van der Waals surface area contributed by atoms with Crippen LogP contribution in [0.5, 0.6) is 0 Å². The smallest absolute Gasteiger partial charge is 0.0591 e. The Labute approximate surface area is 106 Å². The van der Waals surface area contributed by atoms with Gasteiger partial charge in [0.05, 0.1) is 6.61 Å². The highest BCUT2D eigenvalue weighted by atomic mass is 16.5. The molecule has 1 heterocycles. The molecule has 0 aromatic rings. The van der Waals surface area contributed by atoms with Gasteiger partial charge in [-0.3, -0.25) is 0 Å². The summed E-state index contributed by atoms with van der Waals surface area (Å²) in [5.41, 5.74) is 0. The van der Waals surface area contributed by atoms with E-state index in [1.165, 1.54) is 25.8 Å². The Morgan fingerprint density at radius 3 is 2.76 bits per heavy atom. The van der Waals surface area contributed by atoms with Crippen molar-refractivity contribution in [1.82, 2.24) is 10.2 Å². The Balaban J connectivity index is 1.57. The van der Waals surface area contributed by atoms with Crippen LogP contribution in [0.25, 0.3) is 0 Å². The molecule has 1 saturated heterocycles. The summed E-state index contributed by atoms with van der Waals surface area (Å²) in [4.78, 5) is 2.46. The van der Waals surface area contributed by atoms with Gasteiger partial charge in [-0.1, -0.05) is 6.92 Å². The molecule has 0 aromatic heterocycles. The monoisotopic (exact) mass is 240 g/mol. The summed E-state index contributed by atoms with van der Waals surface area (Å²) >= 11 is 0. The van der Waals surface area contributed by atoms with E-state index in [9.17, 15) is 0 Å². The molecule has 1 N–H and O–H groups in total. The van der Waals surface area contributed by atoms with Gasteiger partial charge in [0.25, 0.3) is 0 Å². The minimum Gasteiger partial charge on any atom is -0.380 e. The third kappa shape index (κ3) is 4.23. The van der Waals surface area contributed by atoms with E-state index < -0.39 is 0 Å². The van der Waals surface area contributed by atoms with Crippen molar-refractivity contribution in [3.05, 3.63) is 0 Å². The first-order valence-electron chi connectivity index (χ1n) is 7.18. The first-order valence-corrected chi connectivity index (χ1v) is 7.18. The summed E-state index contributed by atoms with van der Waals surface area (Å²) in [6, 6.07) is 1.38. The molecular weight excluding hydrogens is 212 g/mol. The van der Waals surface area contributed by atoms with Crippen LogP contribution in [0, 0.1) is 11.8 Å². The second kappa shape index (κ2) is 6.17. The summed E-state index contributed by atoms with van der Waals surface area (Å²) in [5, 5.41) is 3.66. The van der Waals surface area contributed by atoms with E-state index in [4.69, 9.17) is 4.74 Å². The highest BCUT2D eigenvalue weighted by molar-refractivity contribution is 4.85. The molecule has 0 radical (unpaired) electrons. The van der Waals surface area contributed by atoms with E-state index in [1.807, 2.05) is 0 Å². The number of likely N-dealkylation sites (tertiary alicyclic amines) is 1. The number of nitrogens with zero attached hydrogens (tertiary/aromatic N) is 1. The van der Waals surface area contributed by atoms with Crippen LogP contribution >= 0.6 is 0 Å². The number of piperidine rings is 1. The van der Waals surface area contributed by atoms with Gasteiger partial charge in [-0.25, -0.2) is 0 Å². The van der Waals surface area contributed by atoms with E-state index in [1.54, 1.807) is 0 Å². The van der Waals surface area contributed by atoms with Gasteiger partial charge < -0.3 is 15.0 Å². The first kappa shape index (κ1) is 13.3. The Morgan fingerprint density at radius 2 is 2.06 bits per heavy atom. The van der Waals surface area contributed by atoms with Gasteiger partial charge in [0.1, 0.15) is 0 Å². The summed E-state index contributed by atoms with van der Waals surface area (Å²) in [7, 11) is 2.23. The van der Waals surface area contributed by atoms with Crippen LogP contribution in [0.2, 0.25) is 0 Å². The van der Waals surface area contributed by atoms with Crippen LogP contribution in [0.15, 0.2) is 0 Å². The zero-order chi connectivity index (χ0) is 12.3. The molecule has 1 saturated carbocycles. The normalized spacial score (nSPS) is 35.1. The minimum absolute atomic E-state index is 0.672. The number of rotatable bonds is 6. The summed E-state index contributed by atoms with van der Waals surface area (Å²) in [6.45, 7) is 8.76. The predicted molar refractivity (Wildman–Crippen MR) is 71.2 cm³/mol. The molecule has 3 unspecified atom stereocenters. The Hall–Kier alpha value is -0.120. The summed E-state index contributed by atoms with van der Waals surface area (Å²) < 4.78 is 5.66. The van der Waals surface area contributed by atoms with Crippen molar-refractivity contribution >= 4 is 0 Å². The van der Waals surface area contributed by atoms with Gasteiger partial charge in [-0.15, -0.1) is 0 Å². The van der Waals surface area contributed by atoms with Crippen molar-refractivity contribution in [2.45, 2.75) is 45.2 Å². The van der Waals surface area contributed by atoms with Crippen molar-refractivity contribution in [1.29, 1.82) is 0 Å². The van der Waals surface area contributed by atoms with Gasteiger partial charge in [0.15, 0.2) is 0 Å². The standard InChI is InChI=1S/C14H28N2O/c1-11-9-16(3)12(2)8-14(11)15-6-7-17-10-13-4-5-13/h11-15H,4-10H2,1-3H3. The molecule has 17 heavy (non-hydrogen) atoms. The van der Waals surface area contributed by atoms with Gasteiger partial charge >= 0.3 is 0 Å². The zero-order valence-electron chi connectivity index (χ0n) is 11.6. The van der Waals surface area contributed by atoms with Gasteiger partial charge in [-0.2, -0.15) is 0 Å². The van der Waals surface area contributed by atoms with Crippen molar-refractivity contribution in [2.75, 3.05) is 33.4 Å². The summed E-state index contributed by atoms with van der Waals surface area (Å²) in [5.74, 6) is 1.64. The van der Waals surface area contributed by atoms with Crippen LogP contribution in [0.1, 0.15) is 33.1 Å². The SMILES string of the molecule is CC1CN(C)C(C)CC1NCCOCC1CC1. The molecule has 0 spiro atoms. The molecule has 2 rings (SSSR count). The molecule has 3 heteroatoms. The fourth-order valence-corrected chi connectivity index (χ4v) is 2.68. The molecule has 1 aliphatic carbocycles. The average Bonchev–Trinajstić information content (AvgIpc) is 3.08. The van der Waals surface area contributed by atoms with E-state index in [0.717, 1.165) is 31.6 Å². The van der Waals surface area contributed by atoms with Crippen LogP contribution in [-0.4, -0.2) is 50.3 Å². The van der Waals surface area contributed by atoms with E-state index in [-0.39, 0.29) is 0 Å². The highest BCUT2D eigenvalue weighted by Gasteiger charge is 2.28. The van der Waals surface area contributed by atoms with E-state index >= 15 is 0 Å². The van der Waals surface area contributed by atoms with Gasteiger partial charge in [0, 0.05) is 31.8 Å². The number of hydrogen-bond acceptors (Lipinski definition) is 3.